The topological polar surface area (TPSA) is 113 Å². The van der Waals surface area contributed by atoms with Crippen molar-refractivity contribution in [2.45, 2.75) is 17.8 Å². The lowest BCUT2D eigenvalue weighted by Crippen LogP contribution is -2.54. The maximum atomic E-state index is 14.3. The third kappa shape index (κ3) is 5.28. The van der Waals surface area contributed by atoms with Crippen LogP contribution in [0.25, 0.3) is 11.1 Å². The number of halogens is 6. The molecule has 0 unspecified atom stereocenters. The molecular weight excluding hydrogens is 554 g/mol. The number of anilines is 2. The van der Waals surface area contributed by atoms with E-state index in [1.54, 1.807) is 6.07 Å². The van der Waals surface area contributed by atoms with Crippen LogP contribution in [0.4, 0.5) is 37.7 Å². The average molecular weight is 574 g/mol. The van der Waals surface area contributed by atoms with E-state index < -0.39 is 40.6 Å². The second-order valence-corrected chi connectivity index (χ2v) is 9.02. The van der Waals surface area contributed by atoms with Gasteiger partial charge in [0.15, 0.2) is 0 Å². The van der Waals surface area contributed by atoms with Gasteiger partial charge < -0.3 is 21.3 Å². The fourth-order valence-corrected chi connectivity index (χ4v) is 4.40. The van der Waals surface area contributed by atoms with E-state index in [0.29, 0.717) is 35.4 Å². The van der Waals surface area contributed by atoms with Crippen LogP contribution in [-0.2, 0) is 5.41 Å². The Kier molecular flexibility index (Phi) is 7.44. The summed E-state index contributed by atoms with van der Waals surface area (Å²) in [5, 5.41) is 22.5. The molecule has 0 saturated carbocycles. The molecule has 0 saturated heterocycles. The average Bonchev–Trinajstić information content (AvgIpc) is 2.91. The molecule has 212 valence electrons. The summed E-state index contributed by atoms with van der Waals surface area (Å²) in [6.45, 7) is 0. The van der Waals surface area contributed by atoms with Crippen LogP contribution in [0.3, 0.4) is 0 Å². The molecule has 12 heteroatoms. The number of nitrogens with one attached hydrogen (secondary N) is 1. The number of phenols is 2. The van der Waals surface area contributed by atoms with Crippen LogP contribution in [0.15, 0.2) is 84.9 Å². The summed E-state index contributed by atoms with van der Waals surface area (Å²) in [5.41, 5.74) is -0.585. The molecule has 0 atom stereocenters. The first-order valence-electron chi connectivity index (χ1n) is 11.7. The fourth-order valence-electron chi connectivity index (χ4n) is 4.40. The largest absolute Gasteiger partial charge is 0.506 e. The summed E-state index contributed by atoms with van der Waals surface area (Å²) in [5.74, 6) is -1.48. The molecule has 4 aromatic rings. The lowest BCUT2D eigenvalue weighted by Gasteiger charge is -2.38. The van der Waals surface area contributed by atoms with Crippen molar-refractivity contribution in [1.29, 1.82) is 0 Å². The maximum absolute atomic E-state index is 14.3. The number of hydrogen-bond donors (Lipinski definition) is 4. The van der Waals surface area contributed by atoms with Gasteiger partial charge in [-0.1, -0.05) is 48.5 Å². The zero-order valence-corrected chi connectivity index (χ0v) is 20.7. The molecule has 4 rings (SSSR count). The summed E-state index contributed by atoms with van der Waals surface area (Å²) in [7, 11) is 0. The number of amides is 1. The van der Waals surface area contributed by atoms with Crippen molar-refractivity contribution in [3.05, 3.63) is 107 Å². The van der Waals surface area contributed by atoms with E-state index in [2.05, 4.69) is 5.32 Å². The fraction of sp³-hybridized carbons (Fsp3) is 0.103. The van der Waals surface area contributed by atoms with E-state index in [0.717, 1.165) is 24.3 Å². The zero-order chi connectivity index (χ0) is 30.2. The number of hydrogen-bond acceptors (Lipinski definition) is 5. The number of alkyl halides is 6. The minimum absolute atomic E-state index is 0.0855. The Balaban J connectivity index is 1.66. The lowest BCUT2D eigenvalue weighted by atomic mass is 9.72. The Bertz CT molecular complexity index is 1580. The Labute approximate surface area is 228 Å². The smallest absolute Gasteiger partial charge is 0.411 e. The lowest BCUT2D eigenvalue weighted by molar-refractivity contribution is -0.288. The number of benzene rings is 4. The molecule has 0 radical (unpaired) electrons. The van der Waals surface area contributed by atoms with E-state index in [4.69, 9.17) is 5.73 Å². The molecule has 0 bridgehead atoms. The summed E-state index contributed by atoms with van der Waals surface area (Å²) in [6.07, 6.45) is -11.4. The van der Waals surface area contributed by atoms with Gasteiger partial charge in [-0.3, -0.25) is 9.59 Å². The zero-order valence-electron chi connectivity index (χ0n) is 20.7. The van der Waals surface area contributed by atoms with Gasteiger partial charge in [0, 0.05) is 11.1 Å². The maximum Gasteiger partial charge on any atom is 0.411 e. The van der Waals surface area contributed by atoms with Gasteiger partial charge in [-0.2, -0.15) is 26.3 Å². The van der Waals surface area contributed by atoms with Crippen LogP contribution >= 0.6 is 0 Å². The van der Waals surface area contributed by atoms with E-state index in [1.807, 2.05) is 0 Å². The number of aromatic hydroxyl groups is 2. The van der Waals surface area contributed by atoms with Crippen LogP contribution in [0.1, 0.15) is 31.8 Å². The van der Waals surface area contributed by atoms with E-state index in [-0.39, 0.29) is 34.5 Å². The van der Waals surface area contributed by atoms with Gasteiger partial charge in [0.2, 0.25) is 5.41 Å². The van der Waals surface area contributed by atoms with Gasteiger partial charge in [0.1, 0.15) is 17.8 Å². The molecule has 4 aromatic carbocycles. The van der Waals surface area contributed by atoms with E-state index in [1.165, 1.54) is 30.3 Å². The molecule has 0 aliphatic carbocycles. The summed E-state index contributed by atoms with van der Waals surface area (Å²) in [6, 6.07) is 14.1. The Morgan fingerprint density at radius 2 is 1.20 bits per heavy atom. The number of phenolic OH excluding ortho intramolecular Hbond substituents is 2. The van der Waals surface area contributed by atoms with Gasteiger partial charge in [0.25, 0.3) is 5.91 Å². The minimum atomic E-state index is -5.84. The number of nitrogen functional groups attached to an aromatic ring is 1. The normalized spacial score (nSPS) is 12.1. The van der Waals surface area contributed by atoms with Crippen molar-refractivity contribution in [2.24, 2.45) is 0 Å². The highest BCUT2D eigenvalue weighted by molar-refractivity contribution is 6.05. The SMILES string of the molecule is Nc1ccc(-c2ccc(NC(=O)c3ccc(C(c4ccc(C=O)cc4)(C(F)(F)F)C(F)(F)F)cc3)c(O)c2)cc1O. The predicted octanol–water partition coefficient (Wildman–Crippen LogP) is 6.82. The van der Waals surface area contributed by atoms with Gasteiger partial charge >= 0.3 is 12.4 Å². The van der Waals surface area contributed by atoms with Gasteiger partial charge in [0.05, 0.1) is 11.4 Å². The van der Waals surface area contributed by atoms with Crippen molar-refractivity contribution >= 4 is 23.6 Å². The van der Waals surface area contributed by atoms with Crippen LogP contribution in [0.2, 0.25) is 0 Å². The highest BCUT2D eigenvalue weighted by Crippen LogP contribution is 2.56. The first-order chi connectivity index (χ1) is 19.2. The van der Waals surface area contributed by atoms with Crippen LogP contribution in [0, 0.1) is 0 Å². The molecule has 6 nitrogen and oxygen atoms in total. The molecule has 0 heterocycles. The summed E-state index contributed by atoms with van der Waals surface area (Å²) < 4.78 is 85.8. The molecule has 0 aliphatic rings. The van der Waals surface area contributed by atoms with E-state index >= 15 is 0 Å². The first kappa shape index (κ1) is 29.0. The molecule has 41 heavy (non-hydrogen) atoms. The second-order valence-electron chi connectivity index (χ2n) is 9.02. The van der Waals surface area contributed by atoms with Gasteiger partial charge in [-0.05, 0) is 58.7 Å². The number of rotatable bonds is 6. The van der Waals surface area contributed by atoms with Crippen molar-refractivity contribution < 1.29 is 46.1 Å². The number of carbonyl (C=O) groups excluding carboxylic acids is 2. The number of carbonyl (C=O) groups is 2. The highest BCUT2D eigenvalue weighted by atomic mass is 19.4. The van der Waals surface area contributed by atoms with Crippen molar-refractivity contribution in [3.63, 3.8) is 0 Å². The number of aldehydes is 1. The standard InChI is InChI=1S/C29H20F6N2O4/c30-28(31,32)27(29(33,34)35,20-7-1-16(15-38)2-8-20)21-9-3-17(4-10-21)26(41)37-23-12-6-19(14-25(23)40)18-5-11-22(36)24(39)13-18/h1-15,39-40H,36H2,(H,37,41). The predicted molar refractivity (Wildman–Crippen MR) is 139 cm³/mol. The van der Waals surface area contributed by atoms with Crippen molar-refractivity contribution in [1.82, 2.24) is 0 Å². The first-order valence-corrected chi connectivity index (χ1v) is 11.7. The Hall–Kier alpha value is -5.00. The number of nitrogens with two attached hydrogens (primary N) is 1. The minimum Gasteiger partial charge on any atom is -0.506 e. The molecule has 1 amide bonds. The van der Waals surface area contributed by atoms with Crippen LogP contribution < -0.4 is 11.1 Å². The third-order valence-corrected chi connectivity index (χ3v) is 6.52. The highest BCUT2D eigenvalue weighted by Gasteiger charge is 2.72. The summed E-state index contributed by atoms with van der Waals surface area (Å²) in [4.78, 5) is 23.6. The molecular formula is C29H20F6N2O4. The van der Waals surface area contributed by atoms with Gasteiger partial charge in [-0.25, -0.2) is 0 Å². The Morgan fingerprint density at radius 3 is 1.66 bits per heavy atom. The monoisotopic (exact) mass is 574 g/mol. The van der Waals surface area contributed by atoms with Crippen LogP contribution in [0.5, 0.6) is 11.5 Å². The molecule has 0 aliphatic heterocycles. The quantitative estimate of drug-likeness (QED) is 0.0874. The molecule has 5 N–H and O–H groups in total. The van der Waals surface area contributed by atoms with Crippen molar-refractivity contribution in [2.75, 3.05) is 11.1 Å². The van der Waals surface area contributed by atoms with Gasteiger partial charge in [-0.15, -0.1) is 0 Å². The second kappa shape index (κ2) is 10.5. The summed E-state index contributed by atoms with van der Waals surface area (Å²) >= 11 is 0. The molecule has 0 fully saturated rings. The molecule has 0 aromatic heterocycles. The van der Waals surface area contributed by atoms with Crippen LogP contribution in [-0.4, -0.2) is 34.8 Å². The third-order valence-electron chi connectivity index (χ3n) is 6.52. The van der Waals surface area contributed by atoms with E-state index in [9.17, 15) is 46.1 Å². The van der Waals surface area contributed by atoms with Crippen molar-refractivity contribution in [3.8, 4) is 22.6 Å². The molecule has 0 spiro atoms. The Morgan fingerprint density at radius 1 is 0.707 bits per heavy atom.